The van der Waals surface area contributed by atoms with Gasteiger partial charge in [0.2, 0.25) is 0 Å². The molecule has 0 aliphatic heterocycles. The van der Waals surface area contributed by atoms with Gasteiger partial charge in [-0.2, -0.15) is 0 Å². The summed E-state index contributed by atoms with van der Waals surface area (Å²) in [6, 6.07) is 0. The van der Waals surface area contributed by atoms with Crippen molar-refractivity contribution in [3.05, 3.63) is 0 Å². The van der Waals surface area contributed by atoms with Crippen molar-refractivity contribution < 1.29 is 19.7 Å². The molecule has 0 spiro atoms. The molecule has 0 aliphatic rings. The van der Waals surface area contributed by atoms with E-state index in [4.69, 9.17) is 19.7 Å². The molecule has 0 aromatic heterocycles. The lowest BCUT2D eigenvalue weighted by atomic mass is 10.2. The van der Waals surface area contributed by atoms with Crippen molar-refractivity contribution in [1.29, 1.82) is 0 Å². The standard InChI is InChI=1S/C6H14O4/c1-9-6(10-2)5(3-7)4-8/h5-8H,3-4H2,1-2H3. The summed E-state index contributed by atoms with van der Waals surface area (Å²) in [7, 11) is 2.93. The summed E-state index contributed by atoms with van der Waals surface area (Å²) in [6.45, 7) is -0.272. The van der Waals surface area contributed by atoms with E-state index in [2.05, 4.69) is 0 Å². The molecule has 0 saturated heterocycles. The minimum absolute atomic E-state index is 0.136. The maximum Gasteiger partial charge on any atom is 0.163 e. The molecular weight excluding hydrogens is 136 g/mol. The van der Waals surface area contributed by atoms with E-state index in [1.807, 2.05) is 0 Å². The second-order valence-electron chi connectivity index (χ2n) is 1.97. The number of aliphatic hydroxyl groups excluding tert-OH is 2. The molecule has 0 aliphatic carbocycles. The average molecular weight is 150 g/mol. The van der Waals surface area contributed by atoms with Gasteiger partial charge in [0.15, 0.2) is 6.29 Å². The fourth-order valence-electron chi connectivity index (χ4n) is 0.711. The van der Waals surface area contributed by atoms with Crippen LogP contribution < -0.4 is 0 Å². The molecule has 0 bridgehead atoms. The number of aliphatic hydroxyl groups is 2. The Morgan fingerprint density at radius 2 is 1.50 bits per heavy atom. The summed E-state index contributed by atoms with van der Waals surface area (Å²) in [5.74, 6) is -0.352. The molecule has 2 N–H and O–H groups in total. The van der Waals surface area contributed by atoms with E-state index < -0.39 is 6.29 Å². The van der Waals surface area contributed by atoms with Gasteiger partial charge < -0.3 is 19.7 Å². The van der Waals surface area contributed by atoms with Crippen molar-refractivity contribution in [1.82, 2.24) is 0 Å². The molecular formula is C6H14O4. The van der Waals surface area contributed by atoms with Crippen molar-refractivity contribution in [2.45, 2.75) is 6.29 Å². The van der Waals surface area contributed by atoms with Gasteiger partial charge >= 0.3 is 0 Å². The Kier molecular flexibility index (Phi) is 5.52. The Morgan fingerprint density at radius 3 is 1.60 bits per heavy atom. The van der Waals surface area contributed by atoms with Crippen LogP contribution in [0, 0.1) is 5.92 Å². The minimum atomic E-state index is -0.519. The molecule has 0 fully saturated rings. The predicted octanol–water partition coefficient (Wildman–Crippen LogP) is -0.794. The van der Waals surface area contributed by atoms with Crippen LogP contribution in [-0.2, 0) is 9.47 Å². The minimum Gasteiger partial charge on any atom is -0.396 e. The van der Waals surface area contributed by atoms with E-state index in [1.165, 1.54) is 14.2 Å². The second kappa shape index (κ2) is 5.61. The zero-order chi connectivity index (χ0) is 7.98. The van der Waals surface area contributed by atoms with Crippen LogP contribution in [0.15, 0.2) is 0 Å². The van der Waals surface area contributed by atoms with Gasteiger partial charge in [0.1, 0.15) is 0 Å². The number of rotatable bonds is 5. The van der Waals surface area contributed by atoms with E-state index in [-0.39, 0.29) is 19.1 Å². The summed E-state index contributed by atoms with van der Waals surface area (Å²) in [5, 5.41) is 17.3. The first-order chi connectivity index (χ1) is 4.79. The fourth-order valence-corrected chi connectivity index (χ4v) is 0.711. The van der Waals surface area contributed by atoms with Gasteiger partial charge in [-0.05, 0) is 0 Å². The van der Waals surface area contributed by atoms with Crippen molar-refractivity contribution in [2.75, 3.05) is 27.4 Å². The molecule has 0 unspecified atom stereocenters. The smallest absolute Gasteiger partial charge is 0.163 e. The van der Waals surface area contributed by atoms with Gasteiger partial charge in [-0.1, -0.05) is 0 Å². The number of methoxy groups -OCH3 is 2. The maximum absolute atomic E-state index is 8.64. The fraction of sp³-hybridized carbons (Fsp3) is 1.00. The van der Waals surface area contributed by atoms with Gasteiger partial charge in [-0.15, -0.1) is 0 Å². The van der Waals surface area contributed by atoms with Gasteiger partial charge in [-0.3, -0.25) is 0 Å². The maximum atomic E-state index is 8.64. The van der Waals surface area contributed by atoms with Crippen LogP contribution in [0.1, 0.15) is 0 Å². The molecule has 0 saturated carbocycles. The summed E-state index contributed by atoms with van der Waals surface area (Å²) < 4.78 is 9.60. The van der Waals surface area contributed by atoms with Crippen molar-refractivity contribution in [2.24, 2.45) is 5.92 Å². The molecule has 4 nitrogen and oxygen atoms in total. The van der Waals surface area contributed by atoms with Crippen LogP contribution in [0.25, 0.3) is 0 Å². The molecule has 0 radical (unpaired) electrons. The monoisotopic (exact) mass is 150 g/mol. The van der Waals surface area contributed by atoms with Crippen molar-refractivity contribution in [3.63, 3.8) is 0 Å². The Balaban J connectivity index is 3.70. The van der Waals surface area contributed by atoms with Gasteiger partial charge in [0.05, 0.1) is 19.1 Å². The molecule has 4 heteroatoms. The Bertz CT molecular complexity index is 58.1. The highest BCUT2D eigenvalue weighted by Gasteiger charge is 2.18. The Hall–Kier alpha value is -0.160. The molecule has 10 heavy (non-hydrogen) atoms. The first-order valence-corrected chi connectivity index (χ1v) is 3.07. The predicted molar refractivity (Wildman–Crippen MR) is 35.5 cm³/mol. The molecule has 0 atom stereocenters. The van der Waals surface area contributed by atoms with E-state index >= 15 is 0 Å². The molecule has 0 heterocycles. The van der Waals surface area contributed by atoms with Gasteiger partial charge in [0, 0.05) is 14.2 Å². The van der Waals surface area contributed by atoms with E-state index in [0.717, 1.165) is 0 Å². The van der Waals surface area contributed by atoms with Crippen LogP contribution in [-0.4, -0.2) is 43.9 Å². The molecule has 0 amide bonds. The second-order valence-corrected chi connectivity index (χ2v) is 1.97. The highest BCUT2D eigenvalue weighted by Crippen LogP contribution is 2.05. The van der Waals surface area contributed by atoms with Crippen molar-refractivity contribution in [3.8, 4) is 0 Å². The average Bonchev–Trinajstić information content (AvgIpc) is 2.00. The highest BCUT2D eigenvalue weighted by atomic mass is 16.7. The summed E-state index contributed by atoms with van der Waals surface area (Å²) in [4.78, 5) is 0. The first-order valence-electron chi connectivity index (χ1n) is 3.07. The van der Waals surface area contributed by atoms with Crippen LogP contribution in [0.2, 0.25) is 0 Å². The third-order valence-electron chi connectivity index (χ3n) is 1.32. The van der Waals surface area contributed by atoms with E-state index in [0.29, 0.717) is 0 Å². The largest absolute Gasteiger partial charge is 0.396 e. The lowest BCUT2D eigenvalue weighted by Gasteiger charge is -2.20. The highest BCUT2D eigenvalue weighted by molar-refractivity contribution is 4.58. The van der Waals surface area contributed by atoms with E-state index in [1.54, 1.807) is 0 Å². The zero-order valence-corrected chi connectivity index (χ0v) is 6.28. The SMILES string of the molecule is COC(OC)C(CO)CO. The summed E-state index contributed by atoms with van der Waals surface area (Å²) in [5.41, 5.74) is 0. The number of hydrogen-bond acceptors (Lipinski definition) is 4. The number of hydrogen-bond donors (Lipinski definition) is 2. The molecule has 0 aromatic rings. The lowest BCUT2D eigenvalue weighted by molar-refractivity contribution is -0.154. The Labute approximate surface area is 60.4 Å². The van der Waals surface area contributed by atoms with Gasteiger partial charge in [-0.25, -0.2) is 0 Å². The van der Waals surface area contributed by atoms with Crippen LogP contribution in [0.4, 0.5) is 0 Å². The lowest BCUT2D eigenvalue weighted by Crippen LogP contribution is -2.30. The number of ether oxygens (including phenoxy) is 2. The molecule has 0 aromatic carbocycles. The molecule has 0 rings (SSSR count). The van der Waals surface area contributed by atoms with Crippen LogP contribution in [0.3, 0.4) is 0 Å². The van der Waals surface area contributed by atoms with E-state index in [9.17, 15) is 0 Å². The zero-order valence-electron chi connectivity index (χ0n) is 6.28. The summed E-state index contributed by atoms with van der Waals surface area (Å²) in [6.07, 6.45) is -0.519. The van der Waals surface area contributed by atoms with Crippen molar-refractivity contribution >= 4 is 0 Å². The van der Waals surface area contributed by atoms with Crippen LogP contribution >= 0.6 is 0 Å². The third-order valence-corrected chi connectivity index (χ3v) is 1.32. The quantitative estimate of drug-likeness (QED) is 0.504. The molecule has 62 valence electrons. The summed E-state index contributed by atoms with van der Waals surface area (Å²) >= 11 is 0. The van der Waals surface area contributed by atoms with Crippen LogP contribution in [0.5, 0.6) is 0 Å². The third kappa shape index (κ3) is 2.62. The normalized spacial score (nSPS) is 11.4. The first kappa shape index (κ1) is 9.84. The Morgan fingerprint density at radius 1 is 1.10 bits per heavy atom. The topological polar surface area (TPSA) is 58.9 Å². The van der Waals surface area contributed by atoms with Gasteiger partial charge in [0.25, 0.3) is 0 Å².